The standard InChI is InChI=1S/C24H22ClN5O2/c1-2-14-29(17-22-27-28-24(32-22)20-10-6-7-11-21(20)25)23(31)13-12-18-15-26-30(16-18)19-8-4-3-5-9-19/h3-13,15-16H,2,14,17H2,1H3/b13-12+. The third-order valence-corrected chi connectivity index (χ3v) is 5.07. The first-order chi connectivity index (χ1) is 15.6. The molecule has 4 aromatic rings. The average molecular weight is 448 g/mol. The first kappa shape index (κ1) is 21.5. The van der Waals surface area contributed by atoms with Crippen LogP contribution in [0.1, 0.15) is 24.8 Å². The Morgan fingerprint density at radius 1 is 1.12 bits per heavy atom. The highest BCUT2D eigenvalue weighted by molar-refractivity contribution is 6.33. The molecule has 2 aromatic heterocycles. The van der Waals surface area contributed by atoms with E-state index in [1.165, 1.54) is 6.08 Å². The Bertz CT molecular complexity index is 1220. The van der Waals surface area contributed by atoms with E-state index >= 15 is 0 Å². The van der Waals surface area contributed by atoms with Crippen molar-refractivity contribution < 1.29 is 9.21 Å². The molecule has 162 valence electrons. The highest BCUT2D eigenvalue weighted by Gasteiger charge is 2.17. The number of hydrogen-bond acceptors (Lipinski definition) is 5. The van der Waals surface area contributed by atoms with Gasteiger partial charge >= 0.3 is 0 Å². The molecular formula is C24H22ClN5O2. The van der Waals surface area contributed by atoms with E-state index in [1.807, 2.05) is 61.7 Å². The molecule has 0 saturated carbocycles. The second-order valence-electron chi connectivity index (χ2n) is 7.13. The number of hydrogen-bond donors (Lipinski definition) is 0. The highest BCUT2D eigenvalue weighted by atomic mass is 35.5. The second-order valence-corrected chi connectivity index (χ2v) is 7.53. The Hall–Kier alpha value is -3.71. The normalized spacial score (nSPS) is 11.2. The van der Waals surface area contributed by atoms with Gasteiger partial charge in [0, 0.05) is 24.4 Å². The van der Waals surface area contributed by atoms with Gasteiger partial charge in [-0.05, 0) is 36.8 Å². The van der Waals surface area contributed by atoms with Gasteiger partial charge < -0.3 is 9.32 Å². The van der Waals surface area contributed by atoms with Gasteiger partial charge in [0.2, 0.25) is 17.7 Å². The summed E-state index contributed by atoms with van der Waals surface area (Å²) >= 11 is 6.21. The van der Waals surface area contributed by atoms with Crippen molar-refractivity contribution in [3.05, 3.63) is 89.5 Å². The maximum absolute atomic E-state index is 12.8. The zero-order valence-electron chi connectivity index (χ0n) is 17.6. The quantitative estimate of drug-likeness (QED) is 0.354. The number of halogens is 1. The summed E-state index contributed by atoms with van der Waals surface area (Å²) in [6.45, 7) is 2.80. The maximum Gasteiger partial charge on any atom is 0.249 e. The summed E-state index contributed by atoms with van der Waals surface area (Å²) in [5.41, 5.74) is 2.45. The molecule has 0 atom stereocenters. The summed E-state index contributed by atoms with van der Waals surface area (Å²) in [4.78, 5) is 14.5. The highest BCUT2D eigenvalue weighted by Crippen LogP contribution is 2.26. The van der Waals surface area contributed by atoms with Crippen molar-refractivity contribution in [3.8, 4) is 17.1 Å². The van der Waals surface area contributed by atoms with Crippen LogP contribution < -0.4 is 0 Å². The smallest absolute Gasteiger partial charge is 0.249 e. The first-order valence-electron chi connectivity index (χ1n) is 10.3. The molecule has 0 unspecified atom stereocenters. The number of rotatable bonds is 8. The molecule has 32 heavy (non-hydrogen) atoms. The number of para-hydroxylation sites is 1. The van der Waals surface area contributed by atoms with Gasteiger partial charge in [-0.1, -0.05) is 48.9 Å². The van der Waals surface area contributed by atoms with Crippen LogP contribution >= 0.6 is 11.6 Å². The molecule has 0 aliphatic heterocycles. The SMILES string of the molecule is CCCN(Cc1nnc(-c2ccccc2Cl)o1)C(=O)/C=C/c1cnn(-c2ccccc2)c1. The monoisotopic (exact) mass is 447 g/mol. The number of carbonyl (C=O) groups excluding carboxylic acids is 1. The lowest BCUT2D eigenvalue weighted by Crippen LogP contribution is -2.29. The van der Waals surface area contributed by atoms with Crippen molar-refractivity contribution in [2.45, 2.75) is 19.9 Å². The lowest BCUT2D eigenvalue weighted by molar-refractivity contribution is -0.126. The fourth-order valence-corrected chi connectivity index (χ4v) is 3.40. The largest absolute Gasteiger partial charge is 0.419 e. The van der Waals surface area contributed by atoms with Gasteiger partial charge in [-0.25, -0.2) is 4.68 Å². The number of nitrogens with zero attached hydrogens (tertiary/aromatic N) is 5. The number of amides is 1. The minimum atomic E-state index is -0.142. The Morgan fingerprint density at radius 3 is 2.69 bits per heavy atom. The third kappa shape index (κ3) is 5.12. The van der Waals surface area contributed by atoms with Crippen molar-refractivity contribution in [2.75, 3.05) is 6.54 Å². The number of benzene rings is 2. The molecule has 2 aromatic carbocycles. The van der Waals surface area contributed by atoms with Gasteiger partial charge in [-0.2, -0.15) is 5.10 Å². The fraction of sp³-hybridized carbons (Fsp3) is 0.167. The van der Waals surface area contributed by atoms with Crippen molar-refractivity contribution in [1.82, 2.24) is 24.9 Å². The van der Waals surface area contributed by atoms with E-state index in [2.05, 4.69) is 15.3 Å². The van der Waals surface area contributed by atoms with E-state index < -0.39 is 0 Å². The number of aromatic nitrogens is 4. The molecule has 0 spiro atoms. The van der Waals surface area contributed by atoms with E-state index in [4.69, 9.17) is 16.0 Å². The van der Waals surface area contributed by atoms with E-state index in [1.54, 1.807) is 27.9 Å². The topological polar surface area (TPSA) is 77.1 Å². The molecule has 0 bridgehead atoms. The van der Waals surface area contributed by atoms with E-state index in [9.17, 15) is 4.79 Å². The molecule has 0 aliphatic rings. The molecule has 0 aliphatic carbocycles. The summed E-state index contributed by atoms with van der Waals surface area (Å²) in [5.74, 6) is 0.544. The van der Waals surface area contributed by atoms with Crippen LogP contribution in [-0.2, 0) is 11.3 Å². The van der Waals surface area contributed by atoms with Gasteiger partial charge in [0.05, 0.1) is 29.0 Å². The van der Waals surface area contributed by atoms with Crippen molar-refractivity contribution in [1.29, 1.82) is 0 Å². The lowest BCUT2D eigenvalue weighted by atomic mass is 10.2. The van der Waals surface area contributed by atoms with E-state index in [0.29, 0.717) is 28.9 Å². The molecule has 4 rings (SSSR count). The van der Waals surface area contributed by atoms with Crippen LogP contribution in [0.15, 0.2) is 77.5 Å². The Labute approximate surface area is 191 Å². The van der Waals surface area contributed by atoms with Crippen LogP contribution in [0.2, 0.25) is 5.02 Å². The maximum atomic E-state index is 12.8. The Morgan fingerprint density at radius 2 is 1.91 bits per heavy atom. The van der Waals surface area contributed by atoms with E-state index in [-0.39, 0.29) is 12.5 Å². The van der Waals surface area contributed by atoms with Crippen LogP contribution in [-0.4, -0.2) is 37.3 Å². The Balaban J connectivity index is 1.44. The summed E-state index contributed by atoms with van der Waals surface area (Å²) in [6, 6.07) is 17.1. The lowest BCUT2D eigenvalue weighted by Gasteiger charge is -2.18. The predicted octanol–water partition coefficient (Wildman–Crippen LogP) is 5.03. The Kier molecular flexibility index (Phi) is 6.77. The van der Waals surface area contributed by atoms with Crippen LogP contribution in [0.3, 0.4) is 0 Å². The van der Waals surface area contributed by atoms with E-state index in [0.717, 1.165) is 17.7 Å². The van der Waals surface area contributed by atoms with Crippen molar-refractivity contribution >= 4 is 23.6 Å². The number of carbonyl (C=O) groups is 1. The summed E-state index contributed by atoms with van der Waals surface area (Å²) in [6.07, 6.45) is 7.68. The molecule has 0 fully saturated rings. The van der Waals surface area contributed by atoms with Crippen LogP contribution in [0.4, 0.5) is 0 Å². The molecular weight excluding hydrogens is 426 g/mol. The zero-order valence-corrected chi connectivity index (χ0v) is 18.3. The van der Waals surface area contributed by atoms with Crippen LogP contribution in [0.5, 0.6) is 0 Å². The fourth-order valence-electron chi connectivity index (χ4n) is 3.18. The third-order valence-electron chi connectivity index (χ3n) is 4.74. The van der Waals surface area contributed by atoms with Gasteiger partial charge in [0.1, 0.15) is 0 Å². The zero-order chi connectivity index (χ0) is 22.3. The van der Waals surface area contributed by atoms with Crippen molar-refractivity contribution in [3.63, 3.8) is 0 Å². The van der Waals surface area contributed by atoms with Crippen molar-refractivity contribution in [2.24, 2.45) is 0 Å². The van der Waals surface area contributed by atoms with Gasteiger partial charge in [0.15, 0.2) is 0 Å². The average Bonchev–Trinajstić information content (AvgIpc) is 3.48. The summed E-state index contributed by atoms with van der Waals surface area (Å²) in [5, 5.41) is 13.0. The minimum Gasteiger partial charge on any atom is -0.419 e. The van der Waals surface area contributed by atoms with Gasteiger partial charge in [0.25, 0.3) is 0 Å². The molecule has 7 nitrogen and oxygen atoms in total. The molecule has 0 saturated heterocycles. The molecule has 1 amide bonds. The first-order valence-corrected chi connectivity index (χ1v) is 10.7. The van der Waals surface area contributed by atoms with Gasteiger partial charge in [-0.3, -0.25) is 4.79 Å². The summed E-state index contributed by atoms with van der Waals surface area (Å²) < 4.78 is 7.52. The minimum absolute atomic E-state index is 0.142. The molecule has 2 heterocycles. The second kappa shape index (κ2) is 10.1. The molecule has 0 radical (unpaired) electrons. The summed E-state index contributed by atoms with van der Waals surface area (Å²) in [7, 11) is 0. The van der Waals surface area contributed by atoms with Crippen LogP contribution in [0, 0.1) is 0 Å². The van der Waals surface area contributed by atoms with Crippen LogP contribution in [0.25, 0.3) is 23.2 Å². The predicted molar refractivity (Wildman–Crippen MR) is 123 cm³/mol. The molecule has 8 heteroatoms. The van der Waals surface area contributed by atoms with Gasteiger partial charge in [-0.15, -0.1) is 10.2 Å². The molecule has 0 N–H and O–H groups in total.